The molecule has 7 nitrogen and oxygen atoms in total. The second-order valence-corrected chi connectivity index (χ2v) is 11.4. The topological polar surface area (TPSA) is 86.0 Å². The average molecular weight is 634 g/mol. The number of halogens is 2. The van der Waals surface area contributed by atoms with Crippen molar-refractivity contribution in [3.05, 3.63) is 123 Å². The number of rotatable bonds is 13. The number of nitriles is 1. The first-order chi connectivity index (χ1) is 20.9. The Kier molecular flexibility index (Phi) is 12.0. The maximum absolute atomic E-state index is 13.2. The molecular weight excluding hydrogens is 599 g/mol. The Balaban J connectivity index is 1.40. The minimum Gasteiger partial charge on any atom is -0.362 e. The summed E-state index contributed by atoms with van der Waals surface area (Å²) in [5.74, 6) is -0.0999. The Labute approximate surface area is 268 Å². The van der Waals surface area contributed by atoms with E-state index in [2.05, 4.69) is 33.8 Å². The van der Waals surface area contributed by atoms with Crippen LogP contribution >= 0.6 is 35.4 Å². The zero-order valence-electron chi connectivity index (χ0n) is 24.0. The fourth-order valence-electron chi connectivity index (χ4n) is 4.67. The molecule has 3 aromatic carbocycles. The molecule has 1 heterocycles. The Hall–Kier alpha value is -3.90. The predicted molar refractivity (Wildman–Crippen MR) is 176 cm³/mol. The highest BCUT2D eigenvalue weighted by Crippen LogP contribution is 2.26. The number of benzene rings is 3. The number of imidazole rings is 1. The third-order valence-electron chi connectivity index (χ3n) is 7.09. The van der Waals surface area contributed by atoms with E-state index in [9.17, 15) is 4.79 Å². The molecule has 0 aliphatic carbocycles. The lowest BCUT2D eigenvalue weighted by Crippen LogP contribution is -2.48. The van der Waals surface area contributed by atoms with Crippen LogP contribution in [0.5, 0.6) is 0 Å². The highest BCUT2D eigenvalue weighted by atomic mass is 35.5. The van der Waals surface area contributed by atoms with E-state index in [4.69, 9.17) is 40.7 Å². The lowest BCUT2D eigenvalue weighted by Gasteiger charge is -2.30. The molecule has 4 rings (SSSR count). The Morgan fingerprint density at radius 2 is 1.84 bits per heavy atom. The van der Waals surface area contributed by atoms with Crippen molar-refractivity contribution in [2.24, 2.45) is 0 Å². The van der Waals surface area contributed by atoms with Gasteiger partial charge in [-0.2, -0.15) is 5.26 Å². The van der Waals surface area contributed by atoms with Gasteiger partial charge in [-0.05, 0) is 59.9 Å². The molecular formula is C33H34Cl2N6OS. The molecule has 43 heavy (non-hydrogen) atoms. The van der Waals surface area contributed by atoms with Gasteiger partial charge >= 0.3 is 0 Å². The highest BCUT2D eigenvalue weighted by Gasteiger charge is 2.20. The average Bonchev–Trinajstić information content (AvgIpc) is 3.45. The van der Waals surface area contributed by atoms with Gasteiger partial charge < -0.3 is 20.1 Å². The normalized spacial score (nSPS) is 11.4. The summed E-state index contributed by atoms with van der Waals surface area (Å²) in [6.45, 7) is 4.21. The Bertz CT molecular complexity index is 1550. The Morgan fingerprint density at radius 1 is 1.07 bits per heavy atom. The van der Waals surface area contributed by atoms with Crippen LogP contribution in [0.2, 0.25) is 10.0 Å². The van der Waals surface area contributed by atoms with Gasteiger partial charge in [-0.1, -0.05) is 84.7 Å². The molecule has 0 aliphatic heterocycles. The lowest BCUT2D eigenvalue weighted by atomic mass is 10.1. The monoisotopic (exact) mass is 632 g/mol. The SMILES string of the molecule is CC[C@@H](CN(Cc1cccc(Cl)c1Cl)C(=S)NCCc1ccccc1)NC(=O)Cc1cncn1Cc1ccc(C#N)cc1. The van der Waals surface area contributed by atoms with Crippen LogP contribution in [0.3, 0.4) is 0 Å². The second kappa shape index (κ2) is 16.1. The number of carbonyl (C=O) groups excluding carboxylic acids is 1. The third kappa shape index (κ3) is 9.55. The van der Waals surface area contributed by atoms with Crippen LogP contribution in [0, 0.1) is 11.3 Å². The molecule has 0 saturated heterocycles. The third-order valence-corrected chi connectivity index (χ3v) is 8.35. The zero-order valence-corrected chi connectivity index (χ0v) is 26.3. The van der Waals surface area contributed by atoms with E-state index in [0.717, 1.165) is 23.2 Å². The van der Waals surface area contributed by atoms with Crippen LogP contribution in [0.1, 0.15) is 41.3 Å². The molecule has 2 N–H and O–H groups in total. The van der Waals surface area contributed by atoms with Gasteiger partial charge in [0.25, 0.3) is 0 Å². The molecule has 10 heteroatoms. The largest absolute Gasteiger partial charge is 0.362 e. The van der Waals surface area contributed by atoms with Gasteiger partial charge in [-0.25, -0.2) is 4.98 Å². The van der Waals surface area contributed by atoms with E-state index in [1.54, 1.807) is 30.7 Å². The summed E-state index contributed by atoms with van der Waals surface area (Å²) in [5.41, 5.74) is 4.51. The number of amides is 1. The molecule has 1 atom stereocenters. The van der Waals surface area contributed by atoms with Gasteiger partial charge in [0.15, 0.2) is 5.11 Å². The maximum atomic E-state index is 13.2. The molecule has 0 unspecified atom stereocenters. The van der Waals surface area contributed by atoms with Crippen molar-refractivity contribution in [3.63, 3.8) is 0 Å². The van der Waals surface area contributed by atoms with Crippen LogP contribution in [0.4, 0.5) is 0 Å². The van der Waals surface area contributed by atoms with E-state index >= 15 is 0 Å². The summed E-state index contributed by atoms with van der Waals surface area (Å²) < 4.78 is 1.95. The smallest absolute Gasteiger partial charge is 0.226 e. The molecule has 222 valence electrons. The maximum Gasteiger partial charge on any atom is 0.226 e. The summed E-state index contributed by atoms with van der Waals surface area (Å²) in [7, 11) is 0. The van der Waals surface area contributed by atoms with Crippen molar-refractivity contribution in [2.75, 3.05) is 13.1 Å². The van der Waals surface area contributed by atoms with Crippen molar-refractivity contribution in [1.82, 2.24) is 25.1 Å². The van der Waals surface area contributed by atoms with Crippen LogP contribution in [0.15, 0.2) is 85.3 Å². The highest BCUT2D eigenvalue weighted by molar-refractivity contribution is 7.80. The van der Waals surface area contributed by atoms with Crippen LogP contribution in [-0.4, -0.2) is 44.6 Å². The van der Waals surface area contributed by atoms with E-state index in [1.807, 2.05) is 58.9 Å². The van der Waals surface area contributed by atoms with Crippen molar-refractivity contribution in [1.29, 1.82) is 5.26 Å². The first kappa shape index (κ1) is 32.0. The van der Waals surface area contributed by atoms with Gasteiger partial charge in [0.2, 0.25) is 5.91 Å². The van der Waals surface area contributed by atoms with Crippen LogP contribution in [-0.2, 0) is 30.7 Å². The van der Waals surface area contributed by atoms with Crippen molar-refractivity contribution < 1.29 is 4.79 Å². The number of aromatic nitrogens is 2. The summed E-state index contributed by atoms with van der Waals surface area (Å²) in [6, 6.07) is 25.2. The number of nitrogens with one attached hydrogen (secondary N) is 2. The van der Waals surface area contributed by atoms with E-state index in [-0.39, 0.29) is 18.4 Å². The minimum atomic E-state index is -0.158. The Morgan fingerprint density at radius 3 is 2.56 bits per heavy atom. The first-order valence-corrected chi connectivity index (χ1v) is 15.3. The second-order valence-electron chi connectivity index (χ2n) is 10.2. The summed E-state index contributed by atoms with van der Waals surface area (Å²) in [4.78, 5) is 19.5. The standard InChI is InChI=1S/C33H34Cl2N6OS/c1-2-28(39-31(42)17-29-19-37-23-41(29)20-26-13-11-25(18-36)12-14-26)22-40(21-27-9-6-10-30(34)32(27)35)33(43)38-16-15-24-7-4-3-5-8-24/h3-14,19,23,28H,2,15-17,20-22H2,1H3,(H,38,43)(H,39,42)/t28-/m0/s1. The quantitative estimate of drug-likeness (QED) is 0.172. The molecule has 0 aliphatic rings. The zero-order chi connectivity index (χ0) is 30.6. The number of nitrogens with zero attached hydrogens (tertiary/aromatic N) is 4. The van der Waals surface area contributed by atoms with E-state index in [1.165, 1.54) is 5.56 Å². The van der Waals surface area contributed by atoms with Crippen molar-refractivity contribution in [3.8, 4) is 6.07 Å². The molecule has 1 amide bonds. The number of hydrogen-bond donors (Lipinski definition) is 2. The fourth-order valence-corrected chi connectivity index (χ4v) is 5.29. The minimum absolute atomic E-state index is 0.0999. The van der Waals surface area contributed by atoms with Crippen LogP contribution < -0.4 is 10.6 Å². The van der Waals surface area contributed by atoms with E-state index in [0.29, 0.717) is 53.3 Å². The first-order valence-electron chi connectivity index (χ1n) is 14.1. The summed E-state index contributed by atoms with van der Waals surface area (Å²) >= 11 is 18.7. The van der Waals surface area contributed by atoms with Gasteiger partial charge in [0.1, 0.15) is 0 Å². The van der Waals surface area contributed by atoms with E-state index < -0.39 is 0 Å². The number of carbonyl (C=O) groups is 1. The van der Waals surface area contributed by atoms with Gasteiger partial charge in [0, 0.05) is 44.1 Å². The van der Waals surface area contributed by atoms with Gasteiger partial charge in [0.05, 0.1) is 34.4 Å². The molecule has 0 spiro atoms. The lowest BCUT2D eigenvalue weighted by molar-refractivity contribution is -0.121. The number of thiocarbonyl (C=S) groups is 1. The summed E-state index contributed by atoms with van der Waals surface area (Å²) in [5, 5.41) is 17.2. The summed E-state index contributed by atoms with van der Waals surface area (Å²) in [6.07, 6.45) is 5.16. The fraction of sp³-hybridized carbons (Fsp3) is 0.273. The number of hydrogen-bond acceptors (Lipinski definition) is 4. The molecule has 0 bridgehead atoms. The van der Waals surface area contributed by atoms with Crippen molar-refractivity contribution in [2.45, 2.75) is 45.3 Å². The molecule has 4 aromatic rings. The predicted octanol–water partition coefficient (Wildman–Crippen LogP) is 6.17. The van der Waals surface area contributed by atoms with Gasteiger partial charge in [-0.15, -0.1) is 0 Å². The molecule has 0 saturated carbocycles. The van der Waals surface area contributed by atoms with Crippen LogP contribution in [0.25, 0.3) is 0 Å². The molecule has 0 fully saturated rings. The molecule has 1 aromatic heterocycles. The van der Waals surface area contributed by atoms with Gasteiger partial charge in [-0.3, -0.25) is 4.79 Å². The van der Waals surface area contributed by atoms with Crippen molar-refractivity contribution >= 4 is 46.4 Å². The molecule has 0 radical (unpaired) electrons.